The number of Topliss-reactive ketones (excluding diaryl/α,β-unsaturated/α-hetero) is 1. The van der Waals surface area contributed by atoms with Crippen LogP contribution in [0.15, 0.2) is 42.5 Å². The third-order valence-electron chi connectivity index (χ3n) is 6.71. The molecule has 0 radical (unpaired) electrons. The zero-order chi connectivity index (χ0) is 27.0. The van der Waals surface area contributed by atoms with Crippen molar-refractivity contribution in [2.24, 2.45) is 0 Å². The van der Waals surface area contributed by atoms with E-state index in [4.69, 9.17) is 9.47 Å². The fourth-order valence-electron chi connectivity index (χ4n) is 4.44. The number of amides is 2. The summed E-state index contributed by atoms with van der Waals surface area (Å²) < 4.78 is 11.6. The van der Waals surface area contributed by atoms with Crippen LogP contribution >= 0.6 is 0 Å². The van der Waals surface area contributed by atoms with Gasteiger partial charge in [0.2, 0.25) is 0 Å². The molecule has 1 aliphatic rings. The normalized spacial score (nSPS) is 14.4. The van der Waals surface area contributed by atoms with Crippen molar-refractivity contribution >= 4 is 17.8 Å². The molecule has 2 amide bonds. The summed E-state index contributed by atoms with van der Waals surface area (Å²) in [6.45, 7) is 8.23. The number of unbranched alkanes of at least 4 members (excludes halogenated alkanes) is 1. The number of carboxylic acid groups (broad SMARTS) is 1. The predicted molar refractivity (Wildman–Crippen MR) is 141 cm³/mol. The van der Waals surface area contributed by atoms with Gasteiger partial charge in [0.05, 0.1) is 19.3 Å². The number of aliphatic carboxylic acids is 1. The molecule has 0 saturated heterocycles. The summed E-state index contributed by atoms with van der Waals surface area (Å²) >= 11 is 0. The molecule has 8 nitrogen and oxygen atoms in total. The van der Waals surface area contributed by atoms with E-state index in [0.29, 0.717) is 49.7 Å². The highest BCUT2D eigenvalue weighted by molar-refractivity contribution is 6.00. The largest absolute Gasteiger partial charge is 0.493 e. The predicted octanol–water partition coefficient (Wildman–Crippen LogP) is 5.40. The second kappa shape index (κ2) is 12.6. The fourth-order valence-corrected chi connectivity index (χ4v) is 4.44. The SMILES string of the molecule is CCOc1cc([C@@H](C)N(CCCCc2ccccc2)C(=O)NC2(C(=O)O)CC2)cc(OCC)c1C(C)=O. The van der Waals surface area contributed by atoms with Crippen LogP contribution in [0.25, 0.3) is 0 Å². The number of benzene rings is 2. The van der Waals surface area contributed by atoms with Gasteiger partial charge in [-0.2, -0.15) is 0 Å². The molecule has 200 valence electrons. The molecule has 1 atom stereocenters. The van der Waals surface area contributed by atoms with Gasteiger partial charge >= 0.3 is 12.0 Å². The van der Waals surface area contributed by atoms with Crippen molar-refractivity contribution in [1.29, 1.82) is 0 Å². The van der Waals surface area contributed by atoms with Crippen LogP contribution in [-0.4, -0.2) is 53.1 Å². The van der Waals surface area contributed by atoms with Gasteiger partial charge in [0.25, 0.3) is 0 Å². The highest BCUT2D eigenvalue weighted by Gasteiger charge is 2.52. The number of aryl methyl sites for hydroxylation is 1. The molecule has 0 aliphatic heterocycles. The molecule has 0 heterocycles. The number of carbonyl (C=O) groups excluding carboxylic acids is 2. The Balaban J connectivity index is 1.87. The fraction of sp³-hybridized carbons (Fsp3) is 0.483. The molecule has 1 fully saturated rings. The standard InChI is InChI=1S/C29H38N2O6/c1-5-36-24-18-23(19-25(37-6-2)26(24)21(4)32)20(3)31(28(35)30-29(15-16-29)27(33)34)17-11-10-14-22-12-8-7-9-13-22/h7-9,12-13,18-20H,5-6,10-11,14-17H2,1-4H3,(H,30,35)(H,33,34)/t20-/m1/s1. The van der Waals surface area contributed by atoms with Crippen LogP contribution in [-0.2, 0) is 11.2 Å². The summed E-state index contributed by atoms with van der Waals surface area (Å²) in [7, 11) is 0. The van der Waals surface area contributed by atoms with E-state index in [1.54, 1.807) is 17.0 Å². The average Bonchev–Trinajstić information content (AvgIpc) is 3.65. The van der Waals surface area contributed by atoms with Crippen LogP contribution in [0.5, 0.6) is 11.5 Å². The first kappa shape index (κ1) is 28.0. The lowest BCUT2D eigenvalue weighted by Crippen LogP contribution is -2.50. The lowest BCUT2D eigenvalue weighted by atomic mass is 10.00. The highest BCUT2D eigenvalue weighted by atomic mass is 16.5. The summed E-state index contributed by atoms with van der Waals surface area (Å²) in [4.78, 5) is 39.2. The zero-order valence-corrected chi connectivity index (χ0v) is 22.2. The Labute approximate surface area is 219 Å². The maximum atomic E-state index is 13.4. The third-order valence-corrected chi connectivity index (χ3v) is 6.71. The quantitative estimate of drug-likeness (QED) is 0.260. The number of ketones is 1. The highest BCUT2D eigenvalue weighted by Crippen LogP contribution is 2.38. The molecule has 1 saturated carbocycles. The van der Waals surface area contributed by atoms with Crippen LogP contribution in [0.2, 0.25) is 0 Å². The number of carbonyl (C=O) groups is 3. The average molecular weight is 511 g/mol. The van der Waals surface area contributed by atoms with E-state index in [1.807, 2.05) is 39.0 Å². The number of ether oxygens (including phenoxy) is 2. The summed E-state index contributed by atoms with van der Waals surface area (Å²) in [5.74, 6) is -0.354. The van der Waals surface area contributed by atoms with E-state index in [9.17, 15) is 19.5 Å². The van der Waals surface area contributed by atoms with Crippen molar-refractivity contribution in [3.05, 3.63) is 59.2 Å². The molecule has 1 aliphatic carbocycles. The minimum absolute atomic E-state index is 0.168. The van der Waals surface area contributed by atoms with Crippen molar-refractivity contribution in [3.63, 3.8) is 0 Å². The van der Waals surface area contributed by atoms with E-state index in [1.165, 1.54) is 12.5 Å². The van der Waals surface area contributed by atoms with E-state index in [0.717, 1.165) is 24.8 Å². The van der Waals surface area contributed by atoms with E-state index >= 15 is 0 Å². The van der Waals surface area contributed by atoms with Crippen LogP contribution in [0.3, 0.4) is 0 Å². The van der Waals surface area contributed by atoms with Gasteiger partial charge in [0.1, 0.15) is 22.6 Å². The van der Waals surface area contributed by atoms with Gasteiger partial charge in [-0.25, -0.2) is 9.59 Å². The number of urea groups is 1. The number of carboxylic acids is 1. The van der Waals surface area contributed by atoms with Gasteiger partial charge < -0.3 is 24.8 Å². The molecule has 3 rings (SSSR count). The van der Waals surface area contributed by atoms with E-state index in [-0.39, 0.29) is 5.78 Å². The molecule has 8 heteroatoms. The third kappa shape index (κ3) is 7.02. The van der Waals surface area contributed by atoms with Gasteiger partial charge in [-0.3, -0.25) is 4.79 Å². The number of nitrogens with zero attached hydrogens (tertiary/aromatic N) is 1. The first-order chi connectivity index (χ1) is 17.7. The number of hydrogen-bond acceptors (Lipinski definition) is 5. The van der Waals surface area contributed by atoms with Gasteiger partial charge in [-0.15, -0.1) is 0 Å². The van der Waals surface area contributed by atoms with Crippen LogP contribution < -0.4 is 14.8 Å². The second-order valence-corrected chi connectivity index (χ2v) is 9.44. The Kier molecular flexibility index (Phi) is 9.55. The van der Waals surface area contributed by atoms with Crippen LogP contribution in [0, 0.1) is 0 Å². The Morgan fingerprint density at radius 1 is 1.03 bits per heavy atom. The summed E-state index contributed by atoms with van der Waals surface area (Å²) in [5, 5.41) is 12.4. The second-order valence-electron chi connectivity index (χ2n) is 9.44. The van der Waals surface area contributed by atoms with Gasteiger partial charge in [0.15, 0.2) is 5.78 Å². The molecule has 0 unspecified atom stereocenters. The molecule has 2 aromatic rings. The van der Waals surface area contributed by atoms with Gasteiger partial charge in [-0.05, 0) is 83.1 Å². The van der Waals surface area contributed by atoms with Crippen molar-refractivity contribution in [1.82, 2.24) is 10.2 Å². The molecular formula is C29H38N2O6. The molecule has 0 bridgehead atoms. The zero-order valence-electron chi connectivity index (χ0n) is 22.2. The van der Waals surface area contributed by atoms with E-state index < -0.39 is 23.6 Å². The number of hydrogen-bond donors (Lipinski definition) is 2. The monoisotopic (exact) mass is 510 g/mol. The minimum Gasteiger partial charge on any atom is -0.493 e. The Hall–Kier alpha value is -3.55. The summed E-state index contributed by atoms with van der Waals surface area (Å²) in [6.07, 6.45) is 3.35. The Morgan fingerprint density at radius 3 is 2.11 bits per heavy atom. The van der Waals surface area contributed by atoms with Crippen LogP contribution in [0.4, 0.5) is 4.79 Å². The van der Waals surface area contributed by atoms with Gasteiger partial charge in [-0.1, -0.05) is 30.3 Å². The van der Waals surface area contributed by atoms with Crippen molar-refractivity contribution < 1.29 is 29.0 Å². The first-order valence-corrected chi connectivity index (χ1v) is 13.0. The Morgan fingerprint density at radius 2 is 1.62 bits per heavy atom. The first-order valence-electron chi connectivity index (χ1n) is 13.0. The molecule has 2 N–H and O–H groups in total. The summed E-state index contributed by atoms with van der Waals surface area (Å²) in [6, 6.07) is 12.9. The van der Waals surface area contributed by atoms with Crippen LogP contribution in [0.1, 0.15) is 80.9 Å². The maximum Gasteiger partial charge on any atom is 0.329 e. The lowest BCUT2D eigenvalue weighted by Gasteiger charge is -2.32. The topological polar surface area (TPSA) is 105 Å². The molecule has 37 heavy (non-hydrogen) atoms. The molecule has 0 aromatic heterocycles. The number of nitrogens with one attached hydrogen (secondary N) is 1. The molecule has 2 aromatic carbocycles. The van der Waals surface area contributed by atoms with E-state index in [2.05, 4.69) is 17.4 Å². The maximum absolute atomic E-state index is 13.4. The van der Waals surface area contributed by atoms with Crippen molar-refractivity contribution in [3.8, 4) is 11.5 Å². The summed E-state index contributed by atoms with van der Waals surface area (Å²) in [5.41, 5.74) is 1.17. The van der Waals surface area contributed by atoms with Gasteiger partial charge in [0, 0.05) is 6.54 Å². The van der Waals surface area contributed by atoms with Crippen molar-refractivity contribution in [2.45, 2.75) is 71.4 Å². The lowest BCUT2D eigenvalue weighted by molar-refractivity contribution is -0.140. The smallest absolute Gasteiger partial charge is 0.329 e. The minimum atomic E-state index is -1.19. The number of rotatable bonds is 14. The molecule has 0 spiro atoms. The van der Waals surface area contributed by atoms with Crippen molar-refractivity contribution in [2.75, 3.05) is 19.8 Å². The Bertz CT molecular complexity index is 1070. The molecular weight excluding hydrogens is 472 g/mol.